The average molecular weight is 359 g/mol. The molecule has 0 fully saturated rings. The number of carbonyl (C=O) groups is 2. The zero-order chi connectivity index (χ0) is 18.2. The van der Waals surface area contributed by atoms with Crippen LogP contribution < -0.4 is 10.1 Å². The van der Waals surface area contributed by atoms with Crippen LogP contribution in [0.25, 0.3) is 0 Å². The number of anilines is 1. The van der Waals surface area contributed by atoms with E-state index < -0.39 is 5.97 Å². The Morgan fingerprint density at radius 3 is 2.64 bits per heavy atom. The minimum absolute atomic E-state index is 0.0695. The van der Waals surface area contributed by atoms with Crippen LogP contribution in [0.4, 0.5) is 5.69 Å². The summed E-state index contributed by atoms with van der Waals surface area (Å²) in [4.78, 5) is 22.6. The number of rotatable bonds is 8. The van der Waals surface area contributed by atoms with E-state index in [9.17, 15) is 9.59 Å². The van der Waals surface area contributed by atoms with Crippen LogP contribution in [0.3, 0.4) is 0 Å². The molecule has 0 saturated carbocycles. The van der Waals surface area contributed by atoms with Gasteiger partial charge in [-0.1, -0.05) is 29.8 Å². The van der Waals surface area contributed by atoms with Crippen molar-refractivity contribution in [3.05, 3.63) is 59.2 Å². The van der Waals surface area contributed by atoms with Crippen molar-refractivity contribution < 1.29 is 19.4 Å². The van der Waals surface area contributed by atoms with Crippen molar-refractivity contribution in [1.29, 1.82) is 0 Å². The van der Waals surface area contributed by atoms with Gasteiger partial charge in [-0.15, -0.1) is 11.8 Å². The molecule has 5 nitrogen and oxygen atoms in total. The molecule has 0 atom stereocenters. The number of nitrogens with one attached hydrogen (secondary N) is 1. The third-order valence-corrected chi connectivity index (χ3v) is 4.42. The Labute approximate surface area is 151 Å². The van der Waals surface area contributed by atoms with Crippen molar-refractivity contribution in [3.63, 3.8) is 0 Å². The van der Waals surface area contributed by atoms with Gasteiger partial charge in [-0.3, -0.25) is 4.79 Å². The molecule has 2 rings (SSSR count). The summed E-state index contributed by atoms with van der Waals surface area (Å²) in [5.41, 5.74) is 3.93. The minimum Gasteiger partial charge on any atom is -0.482 e. The van der Waals surface area contributed by atoms with Crippen LogP contribution in [-0.2, 0) is 15.3 Å². The third-order valence-electron chi connectivity index (χ3n) is 3.42. The van der Waals surface area contributed by atoms with E-state index in [4.69, 9.17) is 9.84 Å². The summed E-state index contributed by atoms with van der Waals surface area (Å²) in [7, 11) is 0. The highest BCUT2D eigenvalue weighted by atomic mass is 32.2. The molecule has 0 bridgehead atoms. The number of carboxylic acids is 1. The number of aryl methyl sites for hydroxylation is 2. The summed E-state index contributed by atoms with van der Waals surface area (Å²) in [6.45, 7) is 3.50. The maximum Gasteiger partial charge on any atom is 0.341 e. The summed E-state index contributed by atoms with van der Waals surface area (Å²) in [5.74, 6) is 0.521. The van der Waals surface area contributed by atoms with Crippen molar-refractivity contribution in [3.8, 4) is 5.75 Å². The van der Waals surface area contributed by atoms with E-state index in [0.717, 1.165) is 11.3 Å². The lowest BCUT2D eigenvalue weighted by Gasteiger charge is -2.10. The van der Waals surface area contributed by atoms with Gasteiger partial charge in [0.25, 0.3) is 0 Å². The van der Waals surface area contributed by atoms with Gasteiger partial charge < -0.3 is 15.2 Å². The summed E-state index contributed by atoms with van der Waals surface area (Å²) >= 11 is 1.56. The van der Waals surface area contributed by atoms with E-state index in [2.05, 4.69) is 17.4 Å². The Hall–Kier alpha value is -2.47. The summed E-state index contributed by atoms with van der Waals surface area (Å²) in [6, 6.07) is 13.3. The van der Waals surface area contributed by atoms with Gasteiger partial charge in [-0.05, 0) is 43.2 Å². The van der Waals surface area contributed by atoms with Crippen LogP contribution in [0.2, 0.25) is 0 Å². The molecule has 0 aromatic heterocycles. The van der Waals surface area contributed by atoms with Crippen molar-refractivity contribution in [2.75, 3.05) is 17.7 Å². The molecule has 2 aromatic rings. The number of aliphatic carboxylic acids is 1. The number of hydrogen-bond donors (Lipinski definition) is 2. The lowest BCUT2D eigenvalue weighted by molar-refractivity contribution is -0.139. The topological polar surface area (TPSA) is 75.6 Å². The normalized spacial score (nSPS) is 10.3. The molecule has 0 aliphatic heterocycles. The molecular formula is C19H21NO4S. The fourth-order valence-corrected chi connectivity index (χ4v) is 3.04. The number of hydrogen-bond acceptors (Lipinski definition) is 4. The molecule has 2 aromatic carbocycles. The van der Waals surface area contributed by atoms with Gasteiger partial charge in [-0.2, -0.15) is 0 Å². The Bertz CT molecular complexity index is 761. The smallest absolute Gasteiger partial charge is 0.341 e. The second-order valence-electron chi connectivity index (χ2n) is 5.69. The Balaban J connectivity index is 1.82. The van der Waals surface area contributed by atoms with Gasteiger partial charge >= 0.3 is 5.97 Å². The van der Waals surface area contributed by atoms with E-state index >= 15 is 0 Å². The maximum atomic E-state index is 12.1. The molecule has 132 valence electrons. The monoisotopic (exact) mass is 359 g/mol. The Morgan fingerprint density at radius 1 is 1.16 bits per heavy atom. The van der Waals surface area contributed by atoms with Gasteiger partial charge in [0.05, 0.1) is 5.75 Å². The van der Waals surface area contributed by atoms with Crippen molar-refractivity contribution >= 4 is 29.3 Å². The molecule has 2 N–H and O–H groups in total. The average Bonchev–Trinajstić information content (AvgIpc) is 2.55. The molecule has 0 radical (unpaired) electrons. The van der Waals surface area contributed by atoms with Crippen LogP contribution in [0, 0.1) is 13.8 Å². The highest BCUT2D eigenvalue weighted by Gasteiger charge is 2.07. The van der Waals surface area contributed by atoms with E-state index in [-0.39, 0.29) is 12.5 Å². The molecule has 0 spiro atoms. The quantitative estimate of drug-likeness (QED) is 0.753. The second kappa shape index (κ2) is 9.13. The standard InChI is InChI=1S/C19H21NO4S/c1-13-4-3-5-15(8-13)11-25-12-18(21)20-17-7-6-16(9-14(17)2)24-10-19(22)23/h3-9H,10-12H2,1-2H3,(H,20,21)(H,22,23). The van der Waals surface area contributed by atoms with Crippen LogP contribution >= 0.6 is 11.8 Å². The SMILES string of the molecule is Cc1cccc(CSCC(=O)Nc2ccc(OCC(=O)O)cc2C)c1. The molecule has 0 aliphatic carbocycles. The van der Waals surface area contributed by atoms with Gasteiger partial charge in [0.2, 0.25) is 5.91 Å². The van der Waals surface area contributed by atoms with Crippen LogP contribution in [0.1, 0.15) is 16.7 Å². The minimum atomic E-state index is -1.03. The zero-order valence-electron chi connectivity index (χ0n) is 14.2. The van der Waals surface area contributed by atoms with E-state index in [1.807, 2.05) is 26.0 Å². The molecule has 1 amide bonds. The van der Waals surface area contributed by atoms with Crippen molar-refractivity contribution in [2.24, 2.45) is 0 Å². The van der Waals surface area contributed by atoms with Gasteiger partial charge in [-0.25, -0.2) is 4.79 Å². The first-order chi connectivity index (χ1) is 11.9. The molecular weight excluding hydrogens is 338 g/mol. The third kappa shape index (κ3) is 6.51. The summed E-state index contributed by atoms with van der Waals surface area (Å²) < 4.78 is 5.12. The van der Waals surface area contributed by atoms with Crippen LogP contribution in [0.15, 0.2) is 42.5 Å². The molecule has 0 unspecified atom stereocenters. The first-order valence-corrected chi connectivity index (χ1v) is 8.98. The van der Waals surface area contributed by atoms with Crippen molar-refractivity contribution in [1.82, 2.24) is 0 Å². The summed E-state index contributed by atoms with van der Waals surface area (Å²) in [5, 5.41) is 11.5. The van der Waals surface area contributed by atoms with Crippen molar-refractivity contribution in [2.45, 2.75) is 19.6 Å². The fraction of sp³-hybridized carbons (Fsp3) is 0.263. The molecule has 0 saturated heterocycles. The molecule has 25 heavy (non-hydrogen) atoms. The first kappa shape index (κ1) is 18.9. The van der Waals surface area contributed by atoms with Gasteiger partial charge in [0.15, 0.2) is 6.61 Å². The predicted molar refractivity (Wildman–Crippen MR) is 100 cm³/mol. The van der Waals surface area contributed by atoms with E-state index in [0.29, 0.717) is 17.2 Å². The van der Waals surface area contributed by atoms with Gasteiger partial charge in [0, 0.05) is 11.4 Å². The number of ether oxygens (including phenoxy) is 1. The van der Waals surface area contributed by atoms with E-state index in [1.165, 1.54) is 11.1 Å². The lowest BCUT2D eigenvalue weighted by Crippen LogP contribution is -2.15. The maximum absolute atomic E-state index is 12.1. The Morgan fingerprint density at radius 2 is 1.96 bits per heavy atom. The molecule has 0 heterocycles. The Kier molecular flexibility index (Phi) is 6.89. The van der Waals surface area contributed by atoms with Crippen LogP contribution in [0.5, 0.6) is 5.75 Å². The first-order valence-electron chi connectivity index (χ1n) is 7.82. The van der Waals surface area contributed by atoms with Crippen LogP contribution in [-0.4, -0.2) is 29.3 Å². The predicted octanol–water partition coefficient (Wildman–Crippen LogP) is 3.64. The number of thioether (sulfide) groups is 1. The summed E-state index contributed by atoms with van der Waals surface area (Å²) in [6.07, 6.45) is 0. The molecule has 0 aliphatic rings. The highest BCUT2D eigenvalue weighted by molar-refractivity contribution is 7.99. The number of benzene rings is 2. The second-order valence-corrected chi connectivity index (χ2v) is 6.67. The number of carbonyl (C=O) groups excluding carboxylic acids is 1. The largest absolute Gasteiger partial charge is 0.482 e. The number of carboxylic acid groups (broad SMARTS) is 1. The number of amides is 1. The highest BCUT2D eigenvalue weighted by Crippen LogP contribution is 2.22. The lowest BCUT2D eigenvalue weighted by atomic mass is 10.2. The fourth-order valence-electron chi connectivity index (χ4n) is 2.26. The van der Waals surface area contributed by atoms with E-state index in [1.54, 1.807) is 30.0 Å². The van der Waals surface area contributed by atoms with Gasteiger partial charge in [0.1, 0.15) is 5.75 Å². The zero-order valence-corrected chi connectivity index (χ0v) is 15.1. The molecule has 6 heteroatoms.